The average Bonchev–Trinajstić information content (AvgIpc) is 2.61. The Bertz CT molecular complexity index is 810. The first-order valence-corrected chi connectivity index (χ1v) is 7.11. The van der Waals surface area contributed by atoms with Crippen LogP contribution in [0.1, 0.15) is 10.4 Å². The second kappa shape index (κ2) is 7.38. The molecule has 0 aliphatic carbocycles. The molecule has 2 aromatic carbocycles. The van der Waals surface area contributed by atoms with Gasteiger partial charge in [-0.15, -0.1) is 0 Å². The van der Waals surface area contributed by atoms with Crippen molar-refractivity contribution < 1.29 is 18.7 Å². The molecular formula is C18H15FN2O3. The highest BCUT2D eigenvalue weighted by atomic mass is 19.1. The summed E-state index contributed by atoms with van der Waals surface area (Å²) in [6, 6.07) is 12.6. The molecule has 2 rings (SSSR count). The van der Waals surface area contributed by atoms with Crippen LogP contribution in [-0.4, -0.2) is 25.8 Å². The number of hydrogen-bond donors (Lipinski definition) is 1. The first-order valence-electron chi connectivity index (χ1n) is 7.11. The van der Waals surface area contributed by atoms with Crippen LogP contribution in [0.2, 0.25) is 0 Å². The van der Waals surface area contributed by atoms with Gasteiger partial charge in [0.2, 0.25) is 5.91 Å². The van der Waals surface area contributed by atoms with Gasteiger partial charge in [0.25, 0.3) is 0 Å². The fourth-order valence-corrected chi connectivity index (χ4v) is 2.21. The van der Waals surface area contributed by atoms with Crippen molar-refractivity contribution >= 4 is 11.7 Å². The van der Waals surface area contributed by atoms with E-state index in [1.165, 1.54) is 19.2 Å². The fourth-order valence-electron chi connectivity index (χ4n) is 2.21. The molecule has 0 heterocycles. The number of rotatable bonds is 5. The molecule has 0 unspecified atom stereocenters. The molecule has 0 fully saturated rings. The summed E-state index contributed by atoms with van der Waals surface area (Å²) in [4.78, 5) is 23.7. The minimum Gasteiger partial charge on any atom is -0.497 e. The van der Waals surface area contributed by atoms with Crippen LogP contribution in [0.25, 0.3) is 11.1 Å². The van der Waals surface area contributed by atoms with E-state index in [0.29, 0.717) is 11.3 Å². The predicted molar refractivity (Wildman–Crippen MR) is 85.9 cm³/mol. The summed E-state index contributed by atoms with van der Waals surface area (Å²) in [5, 5.41) is 11.2. The smallest absolute Gasteiger partial charge is 0.245 e. The summed E-state index contributed by atoms with van der Waals surface area (Å²) in [5.41, 5.74) is 1.03. The van der Waals surface area contributed by atoms with Gasteiger partial charge in [-0.1, -0.05) is 18.2 Å². The number of amides is 1. The van der Waals surface area contributed by atoms with E-state index in [2.05, 4.69) is 5.32 Å². The van der Waals surface area contributed by atoms with E-state index in [1.807, 2.05) is 0 Å². The van der Waals surface area contributed by atoms with Gasteiger partial charge in [0, 0.05) is 7.05 Å². The molecule has 5 nitrogen and oxygen atoms in total. The Labute approximate surface area is 138 Å². The first-order chi connectivity index (χ1) is 11.5. The first kappa shape index (κ1) is 17.2. The average molecular weight is 326 g/mol. The summed E-state index contributed by atoms with van der Waals surface area (Å²) >= 11 is 0. The molecule has 0 aromatic heterocycles. The number of halogens is 1. The second-order valence-corrected chi connectivity index (χ2v) is 4.96. The maximum atomic E-state index is 14.3. The van der Waals surface area contributed by atoms with E-state index < -0.39 is 23.4 Å². The molecule has 2 aromatic rings. The molecule has 0 saturated carbocycles. The highest BCUT2D eigenvalue weighted by molar-refractivity contribution is 6.12. The molecule has 0 aliphatic heterocycles. The molecule has 0 spiro atoms. The lowest BCUT2D eigenvalue weighted by molar-refractivity contribution is -0.121. The number of ether oxygens (including phenoxy) is 1. The number of ketones is 1. The van der Waals surface area contributed by atoms with Gasteiger partial charge in [0.1, 0.15) is 11.6 Å². The Balaban J connectivity index is 2.34. The zero-order valence-corrected chi connectivity index (χ0v) is 13.2. The molecule has 1 atom stereocenters. The number of benzene rings is 2. The maximum Gasteiger partial charge on any atom is 0.245 e. The summed E-state index contributed by atoms with van der Waals surface area (Å²) in [5.74, 6) is -3.31. The number of Topliss-reactive ketones (excluding diaryl/α,β-unsaturated/α-hetero) is 1. The quantitative estimate of drug-likeness (QED) is 0.676. The van der Waals surface area contributed by atoms with Crippen LogP contribution in [0.15, 0.2) is 42.5 Å². The molecular weight excluding hydrogens is 311 g/mol. The van der Waals surface area contributed by atoms with Crippen molar-refractivity contribution in [2.45, 2.75) is 0 Å². The zero-order valence-electron chi connectivity index (χ0n) is 13.2. The van der Waals surface area contributed by atoms with E-state index >= 15 is 0 Å². The number of methoxy groups -OCH3 is 1. The lowest BCUT2D eigenvalue weighted by Gasteiger charge is -2.09. The van der Waals surface area contributed by atoms with Crippen LogP contribution in [0.3, 0.4) is 0 Å². The van der Waals surface area contributed by atoms with E-state index in [0.717, 1.165) is 5.56 Å². The SMILES string of the molecule is CNC(=O)[C@@H](C#N)C(=O)c1ccc(-c2ccc(OC)cc2)cc1F. The molecule has 0 saturated heterocycles. The Morgan fingerprint density at radius 2 is 1.79 bits per heavy atom. The molecule has 0 aliphatic rings. The van der Waals surface area contributed by atoms with Crippen LogP contribution in [0.5, 0.6) is 5.75 Å². The molecule has 1 N–H and O–H groups in total. The third kappa shape index (κ3) is 3.41. The summed E-state index contributed by atoms with van der Waals surface area (Å²) in [6.07, 6.45) is 0. The van der Waals surface area contributed by atoms with Crippen molar-refractivity contribution in [2.75, 3.05) is 14.2 Å². The van der Waals surface area contributed by atoms with E-state index in [1.54, 1.807) is 43.5 Å². The van der Waals surface area contributed by atoms with Crippen LogP contribution in [-0.2, 0) is 4.79 Å². The molecule has 24 heavy (non-hydrogen) atoms. The minimum absolute atomic E-state index is 0.289. The number of carbonyl (C=O) groups excluding carboxylic acids is 2. The van der Waals surface area contributed by atoms with Crippen LogP contribution in [0, 0.1) is 23.1 Å². The van der Waals surface area contributed by atoms with Crippen molar-refractivity contribution in [2.24, 2.45) is 5.92 Å². The van der Waals surface area contributed by atoms with Gasteiger partial charge in [-0.2, -0.15) is 5.26 Å². The maximum absolute atomic E-state index is 14.3. The van der Waals surface area contributed by atoms with Crippen molar-refractivity contribution in [3.05, 3.63) is 53.8 Å². The molecule has 0 bridgehead atoms. The van der Waals surface area contributed by atoms with Gasteiger partial charge >= 0.3 is 0 Å². The number of nitrogens with zero attached hydrogens (tertiary/aromatic N) is 1. The second-order valence-electron chi connectivity index (χ2n) is 4.96. The highest BCUT2D eigenvalue weighted by Gasteiger charge is 2.28. The Morgan fingerprint density at radius 1 is 1.17 bits per heavy atom. The third-order valence-corrected chi connectivity index (χ3v) is 3.56. The Kier molecular flexibility index (Phi) is 5.27. The monoisotopic (exact) mass is 326 g/mol. The van der Waals surface area contributed by atoms with Crippen molar-refractivity contribution in [1.82, 2.24) is 5.32 Å². The lowest BCUT2D eigenvalue weighted by atomic mass is 9.95. The van der Waals surface area contributed by atoms with E-state index in [-0.39, 0.29) is 5.56 Å². The van der Waals surface area contributed by atoms with E-state index in [4.69, 9.17) is 10.00 Å². The lowest BCUT2D eigenvalue weighted by Crippen LogP contribution is -2.32. The Morgan fingerprint density at radius 3 is 2.29 bits per heavy atom. The summed E-state index contributed by atoms with van der Waals surface area (Å²) in [7, 11) is 2.86. The van der Waals surface area contributed by atoms with Gasteiger partial charge in [-0.05, 0) is 35.4 Å². The predicted octanol–water partition coefficient (Wildman–Crippen LogP) is 2.57. The van der Waals surface area contributed by atoms with Crippen LogP contribution >= 0.6 is 0 Å². The van der Waals surface area contributed by atoms with E-state index in [9.17, 15) is 14.0 Å². The zero-order chi connectivity index (χ0) is 17.7. The molecule has 1 amide bonds. The number of nitrogens with one attached hydrogen (secondary N) is 1. The van der Waals surface area contributed by atoms with Gasteiger partial charge in [-0.3, -0.25) is 9.59 Å². The molecule has 0 radical (unpaired) electrons. The highest BCUT2D eigenvalue weighted by Crippen LogP contribution is 2.25. The normalized spacial score (nSPS) is 11.2. The molecule has 122 valence electrons. The number of carbonyl (C=O) groups is 2. The van der Waals surface area contributed by atoms with Crippen molar-refractivity contribution in [3.63, 3.8) is 0 Å². The third-order valence-electron chi connectivity index (χ3n) is 3.56. The summed E-state index contributed by atoms with van der Waals surface area (Å²) in [6.45, 7) is 0. The van der Waals surface area contributed by atoms with Crippen LogP contribution < -0.4 is 10.1 Å². The number of hydrogen-bond acceptors (Lipinski definition) is 4. The largest absolute Gasteiger partial charge is 0.497 e. The molecule has 6 heteroatoms. The topological polar surface area (TPSA) is 79.2 Å². The minimum atomic E-state index is -1.57. The van der Waals surface area contributed by atoms with Gasteiger partial charge in [-0.25, -0.2) is 4.39 Å². The summed E-state index contributed by atoms with van der Waals surface area (Å²) < 4.78 is 19.4. The van der Waals surface area contributed by atoms with Gasteiger partial charge < -0.3 is 10.1 Å². The Hall–Kier alpha value is -3.20. The van der Waals surface area contributed by atoms with Gasteiger partial charge in [0.05, 0.1) is 18.7 Å². The van der Waals surface area contributed by atoms with Crippen molar-refractivity contribution in [1.29, 1.82) is 5.26 Å². The van der Waals surface area contributed by atoms with Gasteiger partial charge in [0.15, 0.2) is 11.7 Å². The fraction of sp³-hybridized carbons (Fsp3) is 0.167. The van der Waals surface area contributed by atoms with Crippen LogP contribution in [0.4, 0.5) is 4.39 Å². The number of nitriles is 1. The van der Waals surface area contributed by atoms with Crippen molar-refractivity contribution in [3.8, 4) is 22.9 Å². The standard InChI is InChI=1S/C18H15FN2O3/c1-21-18(23)15(10-20)17(22)14-8-5-12(9-16(14)19)11-3-6-13(24-2)7-4-11/h3-9,15H,1-2H3,(H,21,23)/t15-/m0/s1.